The molecule has 160 valence electrons. The van der Waals surface area contributed by atoms with Gasteiger partial charge in [-0.1, -0.05) is 71.8 Å². The van der Waals surface area contributed by atoms with Crippen LogP contribution in [-0.4, -0.2) is 22.8 Å². The van der Waals surface area contributed by atoms with Gasteiger partial charge in [-0.2, -0.15) is 0 Å². The molecule has 0 aliphatic heterocycles. The average molecular weight is 444 g/mol. The maximum atomic E-state index is 13.3. The highest BCUT2D eigenvalue weighted by atomic mass is 35.5. The second-order valence-corrected chi connectivity index (χ2v) is 8.20. The molecule has 0 saturated carbocycles. The van der Waals surface area contributed by atoms with Gasteiger partial charge in [-0.15, -0.1) is 0 Å². The number of hydrogen-bond acceptors (Lipinski definition) is 4. The first-order valence-electron chi connectivity index (χ1n) is 10.3. The minimum absolute atomic E-state index is 0.310. The monoisotopic (exact) mass is 443 g/mol. The van der Waals surface area contributed by atoms with Crippen molar-refractivity contribution in [2.45, 2.75) is 26.9 Å². The Balaban J connectivity index is 1.74. The quantitative estimate of drug-likeness (QED) is 0.257. The van der Waals surface area contributed by atoms with Crippen molar-refractivity contribution < 1.29 is 14.3 Å². The molecule has 3 aromatic carbocycles. The zero-order chi connectivity index (χ0) is 22.8. The number of halogens is 1. The fourth-order valence-corrected chi connectivity index (χ4v) is 3.90. The number of carbonyl (C=O) groups is 2. The number of ketones is 1. The molecule has 0 fully saturated rings. The smallest absolute Gasteiger partial charge is 0.339 e. The van der Waals surface area contributed by atoms with E-state index in [1.165, 1.54) is 0 Å². The maximum Gasteiger partial charge on any atom is 0.339 e. The minimum atomic E-state index is -0.963. The predicted molar refractivity (Wildman–Crippen MR) is 127 cm³/mol. The van der Waals surface area contributed by atoms with E-state index in [4.69, 9.17) is 21.3 Å². The third kappa shape index (κ3) is 4.27. The number of benzene rings is 3. The summed E-state index contributed by atoms with van der Waals surface area (Å²) in [6.45, 7) is 5.45. The summed E-state index contributed by atoms with van der Waals surface area (Å²) in [7, 11) is 0. The number of ether oxygens (including phenoxy) is 1. The van der Waals surface area contributed by atoms with Crippen LogP contribution in [0, 0.1) is 13.8 Å². The number of para-hydroxylation sites is 1. The fraction of sp³-hybridized carbons (Fsp3) is 0.148. The van der Waals surface area contributed by atoms with Crippen molar-refractivity contribution >= 4 is 34.3 Å². The molecule has 0 amide bonds. The number of aryl methyl sites for hydroxylation is 1. The van der Waals surface area contributed by atoms with Gasteiger partial charge >= 0.3 is 5.97 Å². The molecule has 1 heterocycles. The summed E-state index contributed by atoms with van der Waals surface area (Å²) in [5, 5.41) is 1.14. The molecule has 0 saturated heterocycles. The summed E-state index contributed by atoms with van der Waals surface area (Å²) in [6.07, 6.45) is -0.963. The van der Waals surface area contributed by atoms with E-state index >= 15 is 0 Å². The number of hydrogen-bond donors (Lipinski definition) is 0. The molecule has 0 aliphatic rings. The predicted octanol–water partition coefficient (Wildman–Crippen LogP) is 6.60. The van der Waals surface area contributed by atoms with Crippen LogP contribution in [0.4, 0.5) is 0 Å². The molecule has 0 radical (unpaired) electrons. The van der Waals surface area contributed by atoms with Crippen LogP contribution in [0.25, 0.3) is 22.2 Å². The Morgan fingerprint density at radius 2 is 1.66 bits per heavy atom. The van der Waals surface area contributed by atoms with Gasteiger partial charge in [-0.05, 0) is 44.5 Å². The van der Waals surface area contributed by atoms with Crippen LogP contribution in [0.3, 0.4) is 0 Å². The van der Waals surface area contributed by atoms with Crippen molar-refractivity contribution in [1.82, 2.24) is 4.98 Å². The highest BCUT2D eigenvalue weighted by Gasteiger charge is 2.25. The lowest BCUT2D eigenvalue weighted by molar-refractivity contribution is 0.0320. The van der Waals surface area contributed by atoms with Crippen LogP contribution in [0.2, 0.25) is 5.02 Å². The van der Waals surface area contributed by atoms with Crippen molar-refractivity contribution in [3.8, 4) is 11.3 Å². The molecule has 0 N–H and O–H groups in total. The van der Waals surface area contributed by atoms with Gasteiger partial charge in [0.15, 0.2) is 6.10 Å². The number of rotatable bonds is 5. The first-order valence-corrected chi connectivity index (χ1v) is 10.7. The molecule has 0 aliphatic carbocycles. The number of fused-ring (bicyclic) bond motifs is 1. The van der Waals surface area contributed by atoms with Gasteiger partial charge in [0.1, 0.15) is 0 Å². The molecule has 1 unspecified atom stereocenters. The Kier molecular flexibility index (Phi) is 6.06. The molecule has 4 rings (SSSR count). The van der Waals surface area contributed by atoms with Gasteiger partial charge < -0.3 is 4.74 Å². The number of nitrogens with zero attached hydrogens (tertiary/aromatic N) is 1. The maximum absolute atomic E-state index is 13.3. The lowest BCUT2D eigenvalue weighted by atomic mass is 9.97. The third-order valence-corrected chi connectivity index (χ3v) is 5.66. The van der Waals surface area contributed by atoms with E-state index in [9.17, 15) is 9.59 Å². The van der Waals surface area contributed by atoms with E-state index < -0.39 is 12.1 Å². The molecular formula is C27H22ClNO3. The molecule has 5 heteroatoms. The van der Waals surface area contributed by atoms with Gasteiger partial charge in [0.05, 0.1) is 16.8 Å². The van der Waals surface area contributed by atoms with Gasteiger partial charge in [0, 0.05) is 21.5 Å². The van der Waals surface area contributed by atoms with Crippen LogP contribution in [0.5, 0.6) is 0 Å². The summed E-state index contributed by atoms with van der Waals surface area (Å²) in [5.41, 5.74) is 4.97. The number of pyridine rings is 1. The second kappa shape index (κ2) is 8.93. The molecule has 0 bridgehead atoms. The van der Waals surface area contributed by atoms with Crippen LogP contribution >= 0.6 is 11.6 Å². The number of carbonyl (C=O) groups excluding carboxylic acids is 2. The lowest BCUT2D eigenvalue weighted by Gasteiger charge is -2.17. The molecule has 1 atom stereocenters. The van der Waals surface area contributed by atoms with E-state index in [0.29, 0.717) is 38.3 Å². The number of esters is 1. The highest BCUT2D eigenvalue weighted by molar-refractivity contribution is 6.31. The number of aromatic nitrogens is 1. The van der Waals surface area contributed by atoms with Gasteiger partial charge in [0.25, 0.3) is 0 Å². The molecule has 32 heavy (non-hydrogen) atoms. The lowest BCUT2D eigenvalue weighted by Crippen LogP contribution is -2.25. The van der Waals surface area contributed by atoms with Gasteiger partial charge in [-0.25, -0.2) is 9.78 Å². The molecule has 0 spiro atoms. The Labute approximate surface area is 191 Å². The van der Waals surface area contributed by atoms with Crippen LogP contribution < -0.4 is 0 Å². The normalized spacial score (nSPS) is 11.9. The van der Waals surface area contributed by atoms with Crippen molar-refractivity contribution in [1.29, 1.82) is 0 Å². The zero-order valence-corrected chi connectivity index (χ0v) is 18.8. The van der Waals surface area contributed by atoms with Gasteiger partial charge in [-0.3, -0.25) is 4.79 Å². The molecule has 1 aromatic heterocycles. The Hall–Kier alpha value is -3.50. The summed E-state index contributed by atoms with van der Waals surface area (Å²) in [6, 6.07) is 22.0. The van der Waals surface area contributed by atoms with Gasteiger partial charge in [0.2, 0.25) is 5.78 Å². The van der Waals surface area contributed by atoms with E-state index in [0.717, 1.165) is 11.1 Å². The topological polar surface area (TPSA) is 56.3 Å². The van der Waals surface area contributed by atoms with Crippen molar-refractivity contribution in [3.63, 3.8) is 0 Å². The van der Waals surface area contributed by atoms with E-state index in [1.807, 2.05) is 62.4 Å². The van der Waals surface area contributed by atoms with Crippen molar-refractivity contribution in [2.24, 2.45) is 0 Å². The second-order valence-electron chi connectivity index (χ2n) is 7.77. The largest absolute Gasteiger partial charge is 0.451 e. The summed E-state index contributed by atoms with van der Waals surface area (Å²) >= 11 is 6.00. The van der Waals surface area contributed by atoms with E-state index in [-0.39, 0.29) is 5.78 Å². The Morgan fingerprint density at radius 3 is 2.38 bits per heavy atom. The molecule has 4 aromatic rings. The van der Waals surface area contributed by atoms with E-state index in [1.54, 1.807) is 31.2 Å². The average Bonchev–Trinajstić information content (AvgIpc) is 2.78. The summed E-state index contributed by atoms with van der Waals surface area (Å²) < 4.78 is 5.63. The van der Waals surface area contributed by atoms with E-state index in [2.05, 4.69) is 0 Å². The SMILES string of the molecule is Cc1ccc(-c2nc3ccccc3c(C(=O)OC(C)C(=O)c3cccc(Cl)c3)c2C)cc1. The summed E-state index contributed by atoms with van der Waals surface area (Å²) in [5.74, 6) is -0.868. The van der Waals surface area contributed by atoms with Crippen LogP contribution in [0.15, 0.2) is 72.8 Å². The van der Waals surface area contributed by atoms with Crippen LogP contribution in [0.1, 0.15) is 38.8 Å². The van der Waals surface area contributed by atoms with Crippen molar-refractivity contribution in [3.05, 3.63) is 100 Å². The standard InChI is InChI=1S/C27H22ClNO3/c1-16-11-13-19(14-12-16)25-17(2)24(22-9-4-5-10-23(22)29-25)27(31)32-18(3)26(30)20-7-6-8-21(28)15-20/h4-15,18H,1-3H3. The Morgan fingerprint density at radius 1 is 0.938 bits per heavy atom. The highest BCUT2D eigenvalue weighted by Crippen LogP contribution is 2.30. The molecule has 4 nitrogen and oxygen atoms in total. The fourth-order valence-electron chi connectivity index (χ4n) is 3.71. The van der Waals surface area contributed by atoms with Crippen LogP contribution in [-0.2, 0) is 4.74 Å². The Bertz CT molecular complexity index is 1330. The van der Waals surface area contributed by atoms with Crippen molar-refractivity contribution in [2.75, 3.05) is 0 Å². The number of Topliss-reactive ketones (excluding diaryl/α,β-unsaturated/α-hetero) is 1. The zero-order valence-electron chi connectivity index (χ0n) is 18.1. The summed E-state index contributed by atoms with van der Waals surface area (Å²) in [4.78, 5) is 30.9. The molecular weight excluding hydrogens is 422 g/mol. The first-order chi connectivity index (χ1) is 15.3. The minimum Gasteiger partial charge on any atom is -0.451 e. The first kappa shape index (κ1) is 21.7. The third-order valence-electron chi connectivity index (χ3n) is 5.43.